The van der Waals surface area contributed by atoms with Crippen molar-refractivity contribution in [1.29, 1.82) is 0 Å². The highest BCUT2D eigenvalue weighted by Crippen LogP contribution is 2.16. The summed E-state index contributed by atoms with van der Waals surface area (Å²) < 4.78 is 5.31. The SMILES string of the molecule is CNc1ccnc(CC2CCOC2)n1. The van der Waals surface area contributed by atoms with Crippen molar-refractivity contribution in [2.45, 2.75) is 12.8 Å². The number of hydrogen-bond acceptors (Lipinski definition) is 4. The van der Waals surface area contributed by atoms with Gasteiger partial charge in [-0.25, -0.2) is 9.97 Å². The first-order valence-electron chi connectivity index (χ1n) is 4.96. The Bertz CT molecular complexity index is 297. The summed E-state index contributed by atoms with van der Waals surface area (Å²) in [4.78, 5) is 8.62. The standard InChI is InChI=1S/C10H15N3O/c1-11-9-2-4-12-10(13-9)6-8-3-5-14-7-8/h2,4,8H,3,5-7H2,1H3,(H,11,12,13). The smallest absolute Gasteiger partial charge is 0.131 e. The average molecular weight is 193 g/mol. The molecule has 1 fully saturated rings. The highest BCUT2D eigenvalue weighted by atomic mass is 16.5. The second kappa shape index (κ2) is 4.37. The first kappa shape index (κ1) is 9.40. The van der Waals surface area contributed by atoms with Crippen LogP contribution in [0.1, 0.15) is 12.2 Å². The maximum Gasteiger partial charge on any atom is 0.131 e. The van der Waals surface area contributed by atoms with Gasteiger partial charge < -0.3 is 10.1 Å². The Hall–Kier alpha value is -1.16. The maximum atomic E-state index is 5.31. The van der Waals surface area contributed by atoms with E-state index >= 15 is 0 Å². The molecule has 0 bridgehead atoms. The molecular weight excluding hydrogens is 178 g/mol. The number of aromatic nitrogens is 2. The molecular formula is C10H15N3O. The van der Waals surface area contributed by atoms with Crippen molar-refractivity contribution in [1.82, 2.24) is 9.97 Å². The third-order valence-corrected chi connectivity index (χ3v) is 2.46. The molecule has 4 heteroatoms. The minimum absolute atomic E-state index is 0.599. The Morgan fingerprint density at radius 2 is 2.57 bits per heavy atom. The van der Waals surface area contributed by atoms with Crippen LogP contribution in [0.5, 0.6) is 0 Å². The summed E-state index contributed by atoms with van der Waals surface area (Å²) in [5, 5.41) is 3.01. The van der Waals surface area contributed by atoms with Gasteiger partial charge in [-0.3, -0.25) is 0 Å². The number of rotatable bonds is 3. The highest BCUT2D eigenvalue weighted by Gasteiger charge is 2.17. The molecule has 0 aromatic carbocycles. The lowest BCUT2D eigenvalue weighted by Crippen LogP contribution is -2.08. The van der Waals surface area contributed by atoms with Crippen molar-refractivity contribution in [2.75, 3.05) is 25.6 Å². The van der Waals surface area contributed by atoms with Crippen molar-refractivity contribution in [3.05, 3.63) is 18.1 Å². The van der Waals surface area contributed by atoms with Gasteiger partial charge in [0.2, 0.25) is 0 Å². The molecule has 0 amide bonds. The monoisotopic (exact) mass is 193 g/mol. The largest absolute Gasteiger partial charge is 0.381 e. The summed E-state index contributed by atoms with van der Waals surface area (Å²) in [7, 11) is 1.87. The summed E-state index contributed by atoms with van der Waals surface area (Å²) >= 11 is 0. The molecule has 14 heavy (non-hydrogen) atoms. The molecule has 0 saturated carbocycles. The van der Waals surface area contributed by atoms with E-state index in [1.807, 2.05) is 13.1 Å². The summed E-state index contributed by atoms with van der Waals surface area (Å²) in [6, 6.07) is 1.87. The summed E-state index contributed by atoms with van der Waals surface area (Å²) in [6.07, 6.45) is 3.85. The third kappa shape index (κ3) is 2.20. The van der Waals surface area contributed by atoms with Crippen LogP contribution in [0, 0.1) is 5.92 Å². The highest BCUT2D eigenvalue weighted by molar-refractivity contribution is 5.31. The molecule has 0 spiro atoms. The first-order valence-corrected chi connectivity index (χ1v) is 4.96. The van der Waals surface area contributed by atoms with E-state index in [0.717, 1.165) is 37.7 Å². The third-order valence-electron chi connectivity index (χ3n) is 2.46. The van der Waals surface area contributed by atoms with Gasteiger partial charge >= 0.3 is 0 Å². The second-order valence-corrected chi connectivity index (χ2v) is 3.54. The Morgan fingerprint density at radius 1 is 1.64 bits per heavy atom. The van der Waals surface area contributed by atoms with Gasteiger partial charge in [0, 0.05) is 32.9 Å². The lowest BCUT2D eigenvalue weighted by atomic mass is 10.1. The van der Waals surface area contributed by atoms with Gasteiger partial charge in [0.15, 0.2) is 0 Å². The van der Waals surface area contributed by atoms with Crippen LogP contribution in [0.3, 0.4) is 0 Å². The van der Waals surface area contributed by atoms with Crippen LogP contribution < -0.4 is 5.32 Å². The molecule has 4 nitrogen and oxygen atoms in total. The Balaban J connectivity index is 2.00. The fourth-order valence-electron chi connectivity index (χ4n) is 1.64. The van der Waals surface area contributed by atoms with Gasteiger partial charge in [0.05, 0.1) is 0 Å². The molecule has 76 valence electrons. The van der Waals surface area contributed by atoms with E-state index in [-0.39, 0.29) is 0 Å². The molecule has 1 N–H and O–H groups in total. The lowest BCUT2D eigenvalue weighted by Gasteiger charge is -2.06. The molecule has 0 radical (unpaired) electrons. The van der Waals surface area contributed by atoms with Crippen molar-refractivity contribution in [3.63, 3.8) is 0 Å². The van der Waals surface area contributed by atoms with Gasteiger partial charge in [-0.15, -0.1) is 0 Å². The molecule has 2 heterocycles. The zero-order valence-electron chi connectivity index (χ0n) is 8.36. The molecule has 1 aliphatic heterocycles. The van der Waals surface area contributed by atoms with Gasteiger partial charge in [-0.05, 0) is 18.4 Å². The number of hydrogen-bond donors (Lipinski definition) is 1. The molecule has 1 saturated heterocycles. The summed E-state index contributed by atoms with van der Waals surface area (Å²) in [5.74, 6) is 2.39. The lowest BCUT2D eigenvalue weighted by molar-refractivity contribution is 0.185. The molecule has 1 aromatic heterocycles. The van der Waals surface area contributed by atoms with E-state index < -0.39 is 0 Å². The molecule has 1 atom stereocenters. The zero-order chi connectivity index (χ0) is 9.80. The predicted octanol–water partition coefficient (Wildman–Crippen LogP) is 1.10. The van der Waals surface area contributed by atoms with Crippen molar-refractivity contribution < 1.29 is 4.74 Å². The van der Waals surface area contributed by atoms with Gasteiger partial charge in [-0.2, -0.15) is 0 Å². The van der Waals surface area contributed by atoms with Gasteiger partial charge in [-0.1, -0.05) is 0 Å². The van der Waals surface area contributed by atoms with Crippen LogP contribution in [-0.4, -0.2) is 30.2 Å². The maximum absolute atomic E-state index is 5.31. The van der Waals surface area contributed by atoms with E-state index in [1.165, 1.54) is 0 Å². The summed E-state index contributed by atoms with van der Waals surface area (Å²) in [6.45, 7) is 1.74. The van der Waals surface area contributed by atoms with E-state index in [4.69, 9.17) is 4.74 Å². The molecule has 2 rings (SSSR count). The topological polar surface area (TPSA) is 47.0 Å². The quantitative estimate of drug-likeness (QED) is 0.780. The minimum atomic E-state index is 0.599. The number of nitrogens with zero attached hydrogens (tertiary/aromatic N) is 2. The predicted molar refractivity (Wildman–Crippen MR) is 54.2 cm³/mol. The molecule has 1 unspecified atom stereocenters. The number of nitrogens with one attached hydrogen (secondary N) is 1. The van der Waals surface area contributed by atoms with Crippen LogP contribution in [0.4, 0.5) is 5.82 Å². The van der Waals surface area contributed by atoms with Crippen molar-refractivity contribution >= 4 is 5.82 Å². The fourth-order valence-corrected chi connectivity index (χ4v) is 1.64. The Kier molecular flexibility index (Phi) is 2.93. The first-order chi connectivity index (χ1) is 6.88. The van der Waals surface area contributed by atoms with Crippen LogP contribution in [0.25, 0.3) is 0 Å². The van der Waals surface area contributed by atoms with Crippen molar-refractivity contribution in [2.24, 2.45) is 5.92 Å². The second-order valence-electron chi connectivity index (χ2n) is 3.54. The normalized spacial score (nSPS) is 21.1. The van der Waals surface area contributed by atoms with Crippen LogP contribution in [0.15, 0.2) is 12.3 Å². The summed E-state index contributed by atoms with van der Waals surface area (Å²) in [5.41, 5.74) is 0. The van der Waals surface area contributed by atoms with E-state index in [1.54, 1.807) is 6.20 Å². The van der Waals surface area contributed by atoms with Gasteiger partial charge in [0.1, 0.15) is 11.6 Å². The zero-order valence-corrected chi connectivity index (χ0v) is 8.36. The van der Waals surface area contributed by atoms with Crippen LogP contribution in [-0.2, 0) is 11.2 Å². The van der Waals surface area contributed by atoms with Gasteiger partial charge in [0.25, 0.3) is 0 Å². The Morgan fingerprint density at radius 3 is 3.29 bits per heavy atom. The molecule has 0 aliphatic carbocycles. The van der Waals surface area contributed by atoms with Crippen LogP contribution >= 0.6 is 0 Å². The van der Waals surface area contributed by atoms with E-state index in [9.17, 15) is 0 Å². The average Bonchev–Trinajstić information content (AvgIpc) is 2.71. The minimum Gasteiger partial charge on any atom is -0.381 e. The van der Waals surface area contributed by atoms with Crippen LogP contribution in [0.2, 0.25) is 0 Å². The Labute approximate surface area is 83.7 Å². The fraction of sp³-hybridized carbons (Fsp3) is 0.600. The number of ether oxygens (including phenoxy) is 1. The van der Waals surface area contributed by atoms with E-state index in [2.05, 4.69) is 15.3 Å². The van der Waals surface area contributed by atoms with E-state index in [0.29, 0.717) is 5.92 Å². The van der Waals surface area contributed by atoms with Crippen molar-refractivity contribution in [3.8, 4) is 0 Å². The molecule has 1 aromatic rings. The molecule has 1 aliphatic rings. The number of anilines is 1.